The number of aromatic nitrogens is 1. The van der Waals surface area contributed by atoms with Crippen molar-refractivity contribution >= 4 is 54.4 Å². The first kappa shape index (κ1) is 23.0. The maximum atomic E-state index is 12.4. The van der Waals surface area contributed by atoms with E-state index in [-0.39, 0.29) is 35.1 Å². The molecule has 5 atom stereocenters. The molecule has 4 unspecified atom stereocenters. The minimum absolute atomic E-state index is 0.0256. The summed E-state index contributed by atoms with van der Waals surface area (Å²) in [5.41, 5.74) is 1.81. The number of carbonyl (C=O) groups excluding carboxylic acids is 2. The molecule has 1 saturated heterocycles. The fourth-order valence-corrected chi connectivity index (χ4v) is 6.35. The Hall–Kier alpha value is -1.69. The van der Waals surface area contributed by atoms with Crippen molar-refractivity contribution in [3.63, 3.8) is 0 Å². The lowest BCUT2D eigenvalue weighted by Crippen LogP contribution is -2.63. The first-order valence-electron chi connectivity index (χ1n) is 10.1. The fraction of sp³-hybridized carbons (Fsp3) is 0.409. The van der Waals surface area contributed by atoms with Crippen LogP contribution in [0.3, 0.4) is 0 Å². The van der Waals surface area contributed by atoms with Gasteiger partial charge in [0.25, 0.3) is 0 Å². The zero-order valence-corrected chi connectivity index (χ0v) is 20.3. The minimum Gasteiger partial charge on any atom is -0.543 e. The summed E-state index contributed by atoms with van der Waals surface area (Å²) in [6.07, 6.45) is 3.78. The Balaban J connectivity index is 0.00000124. The SMILES string of the molecule is CC.CC(P)C1C(=O)N2C(C(=O)[O-])=C(/C=C/CSc3nc4ccccc4s3)[C@H](C)C12. The normalized spacial score (nSPS) is 24.0. The Labute approximate surface area is 187 Å². The van der Waals surface area contributed by atoms with E-state index in [0.29, 0.717) is 11.3 Å². The predicted molar refractivity (Wildman–Crippen MR) is 125 cm³/mol. The molecule has 5 nitrogen and oxygen atoms in total. The van der Waals surface area contributed by atoms with E-state index in [4.69, 9.17) is 0 Å². The van der Waals surface area contributed by atoms with Gasteiger partial charge in [0.05, 0.1) is 33.8 Å². The van der Waals surface area contributed by atoms with Crippen molar-refractivity contribution in [1.82, 2.24) is 9.88 Å². The Morgan fingerprint density at radius 3 is 2.73 bits per heavy atom. The van der Waals surface area contributed by atoms with Crippen molar-refractivity contribution in [3.8, 4) is 0 Å². The second kappa shape index (κ2) is 9.63. The number of thioether (sulfide) groups is 1. The molecule has 2 aromatic rings. The molecule has 0 N–H and O–H groups in total. The average molecular weight is 462 g/mol. The van der Waals surface area contributed by atoms with Crippen LogP contribution in [0, 0.1) is 11.8 Å². The van der Waals surface area contributed by atoms with Crippen LogP contribution in [0.1, 0.15) is 27.7 Å². The molecule has 0 saturated carbocycles. The number of para-hydroxylation sites is 1. The average Bonchev–Trinajstić information content (AvgIpc) is 3.23. The van der Waals surface area contributed by atoms with Crippen LogP contribution in [0.25, 0.3) is 10.2 Å². The summed E-state index contributed by atoms with van der Waals surface area (Å²) in [6, 6.07) is 7.92. The van der Waals surface area contributed by atoms with Gasteiger partial charge in [0, 0.05) is 11.7 Å². The van der Waals surface area contributed by atoms with Crippen molar-refractivity contribution in [2.75, 3.05) is 5.75 Å². The molecule has 0 radical (unpaired) electrons. The second-order valence-corrected chi connectivity index (χ2v) is 10.5. The third-order valence-corrected chi connectivity index (χ3v) is 7.89. The highest BCUT2D eigenvalue weighted by molar-refractivity contribution is 8.01. The summed E-state index contributed by atoms with van der Waals surface area (Å²) >= 11 is 3.26. The van der Waals surface area contributed by atoms with Gasteiger partial charge in [0.15, 0.2) is 4.34 Å². The molecular formula is C22H26N2O3PS2-. The number of benzene rings is 1. The molecule has 160 valence electrons. The summed E-state index contributed by atoms with van der Waals surface area (Å²) < 4.78 is 2.14. The van der Waals surface area contributed by atoms with E-state index in [1.165, 1.54) is 4.90 Å². The highest BCUT2D eigenvalue weighted by Gasteiger charge is 2.57. The molecule has 0 bridgehead atoms. The molecule has 0 spiro atoms. The van der Waals surface area contributed by atoms with E-state index in [1.807, 2.05) is 58.0 Å². The quantitative estimate of drug-likeness (QED) is 0.373. The smallest absolute Gasteiger partial charge is 0.233 e. The standard InChI is InChI=1S/C20H21N2O3PS2.C2H6/c1-10-12(17(19(24)25)22-16(10)15(11(2)26)18(22)23)6-5-9-27-20-21-13-7-3-4-8-14(13)28-20;1-2/h3-8,10-11,15-16H,9,26H2,1-2H3,(H,24,25);1-2H3/p-1/b6-5+;/t10-,11?,15?,16?;/m0./s1. The predicted octanol–water partition coefficient (Wildman–Crippen LogP) is 3.72. The number of aliphatic carboxylic acids is 1. The molecule has 0 aliphatic carbocycles. The van der Waals surface area contributed by atoms with Crippen LogP contribution in [0.5, 0.6) is 0 Å². The molecule has 2 aliphatic heterocycles. The van der Waals surface area contributed by atoms with Gasteiger partial charge in [-0.3, -0.25) is 4.79 Å². The summed E-state index contributed by atoms with van der Waals surface area (Å²) in [7, 11) is 2.66. The molecular weight excluding hydrogens is 435 g/mol. The lowest BCUT2D eigenvalue weighted by atomic mass is 9.79. The van der Waals surface area contributed by atoms with Gasteiger partial charge in [-0.25, -0.2) is 4.98 Å². The Morgan fingerprint density at radius 2 is 2.10 bits per heavy atom. The first-order chi connectivity index (χ1) is 14.4. The van der Waals surface area contributed by atoms with Crippen LogP contribution in [0.15, 0.2) is 52.0 Å². The summed E-state index contributed by atoms with van der Waals surface area (Å²) in [5, 5.41) is 11.7. The Bertz CT molecular complexity index is 982. The topological polar surface area (TPSA) is 73.3 Å². The van der Waals surface area contributed by atoms with Crippen LogP contribution in [0.4, 0.5) is 0 Å². The van der Waals surface area contributed by atoms with E-state index in [9.17, 15) is 14.7 Å². The van der Waals surface area contributed by atoms with Gasteiger partial charge in [-0.2, -0.15) is 0 Å². The third kappa shape index (κ3) is 4.08. The maximum Gasteiger partial charge on any atom is 0.233 e. The highest BCUT2D eigenvalue weighted by Crippen LogP contribution is 2.48. The van der Waals surface area contributed by atoms with Crippen LogP contribution in [0.2, 0.25) is 0 Å². The molecule has 3 heterocycles. The number of nitrogens with zero attached hydrogens (tertiary/aromatic N) is 2. The third-order valence-electron chi connectivity index (χ3n) is 5.34. The van der Waals surface area contributed by atoms with Gasteiger partial charge < -0.3 is 14.8 Å². The van der Waals surface area contributed by atoms with Crippen LogP contribution >= 0.6 is 32.3 Å². The van der Waals surface area contributed by atoms with Crippen molar-refractivity contribution in [2.24, 2.45) is 11.8 Å². The fourth-order valence-electron chi connectivity index (χ4n) is 4.05. The molecule has 1 aromatic heterocycles. The number of fused-ring (bicyclic) bond motifs is 2. The molecule has 1 amide bonds. The van der Waals surface area contributed by atoms with Gasteiger partial charge in [-0.15, -0.1) is 20.6 Å². The van der Waals surface area contributed by atoms with E-state index in [1.54, 1.807) is 23.1 Å². The summed E-state index contributed by atoms with van der Waals surface area (Å²) in [4.78, 5) is 30.2. The van der Waals surface area contributed by atoms with Crippen LogP contribution in [-0.2, 0) is 9.59 Å². The molecule has 4 rings (SSSR count). The number of carbonyl (C=O) groups is 2. The van der Waals surface area contributed by atoms with E-state index in [2.05, 4.69) is 20.3 Å². The molecule has 1 aromatic carbocycles. The number of thiazole rings is 1. The number of carboxylic acid groups (broad SMARTS) is 1. The lowest BCUT2D eigenvalue weighted by Gasteiger charge is -2.47. The number of carboxylic acids is 1. The van der Waals surface area contributed by atoms with Crippen molar-refractivity contribution in [2.45, 2.75) is 43.7 Å². The van der Waals surface area contributed by atoms with Gasteiger partial charge in [0.2, 0.25) is 5.91 Å². The van der Waals surface area contributed by atoms with Gasteiger partial charge >= 0.3 is 0 Å². The van der Waals surface area contributed by atoms with E-state index in [0.717, 1.165) is 14.6 Å². The van der Waals surface area contributed by atoms with E-state index >= 15 is 0 Å². The van der Waals surface area contributed by atoms with Gasteiger partial charge in [0.1, 0.15) is 0 Å². The summed E-state index contributed by atoms with van der Waals surface area (Å²) in [6.45, 7) is 7.96. The number of hydrogen-bond acceptors (Lipinski definition) is 6. The first-order valence-corrected chi connectivity index (χ1v) is 12.6. The second-order valence-electron chi connectivity index (χ2n) is 7.12. The highest BCUT2D eigenvalue weighted by atomic mass is 32.2. The van der Waals surface area contributed by atoms with E-state index < -0.39 is 5.97 Å². The number of β-lactam (4-membered cyclic amide) rings is 1. The zero-order valence-electron chi connectivity index (χ0n) is 17.5. The number of rotatable bonds is 6. The largest absolute Gasteiger partial charge is 0.543 e. The van der Waals surface area contributed by atoms with Crippen molar-refractivity contribution in [1.29, 1.82) is 0 Å². The molecule has 2 aliphatic rings. The van der Waals surface area contributed by atoms with Gasteiger partial charge in [-0.1, -0.05) is 63.7 Å². The zero-order chi connectivity index (χ0) is 22.0. The lowest BCUT2D eigenvalue weighted by molar-refractivity contribution is -0.301. The van der Waals surface area contributed by atoms with Crippen LogP contribution < -0.4 is 5.11 Å². The maximum absolute atomic E-state index is 12.4. The molecule has 30 heavy (non-hydrogen) atoms. The van der Waals surface area contributed by atoms with Gasteiger partial charge in [-0.05, 0) is 23.4 Å². The Kier molecular flexibility index (Phi) is 7.38. The minimum atomic E-state index is -1.28. The number of allylic oxidation sites excluding steroid dienone is 1. The monoisotopic (exact) mass is 461 g/mol. The number of amides is 1. The van der Waals surface area contributed by atoms with Crippen molar-refractivity contribution < 1.29 is 14.7 Å². The van der Waals surface area contributed by atoms with Crippen LogP contribution in [-0.4, -0.2) is 39.2 Å². The number of hydrogen-bond donors (Lipinski definition) is 0. The molecule has 8 heteroatoms. The summed E-state index contributed by atoms with van der Waals surface area (Å²) in [5.74, 6) is -0.903. The molecule has 1 fully saturated rings. The van der Waals surface area contributed by atoms with Crippen molar-refractivity contribution in [3.05, 3.63) is 47.7 Å². The Morgan fingerprint density at radius 1 is 1.40 bits per heavy atom.